The van der Waals surface area contributed by atoms with Crippen LogP contribution < -0.4 is 10.5 Å². The van der Waals surface area contributed by atoms with Gasteiger partial charge in [-0.15, -0.1) is 0 Å². The summed E-state index contributed by atoms with van der Waals surface area (Å²) in [6.07, 6.45) is 1.38. The number of hydrogen-bond acceptors (Lipinski definition) is 3. The number of aliphatic carboxylic acids is 1. The van der Waals surface area contributed by atoms with Gasteiger partial charge in [-0.05, 0) is 23.8 Å². The van der Waals surface area contributed by atoms with E-state index in [-0.39, 0.29) is 5.70 Å². The second-order valence-corrected chi connectivity index (χ2v) is 2.68. The second kappa shape index (κ2) is 4.32. The highest BCUT2D eigenvalue weighted by molar-refractivity contribution is 5.91. The first-order valence-electron chi connectivity index (χ1n) is 3.98. The van der Waals surface area contributed by atoms with Gasteiger partial charge in [0.15, 0.2) is 0 Å². The van der Waals surface area contributed by atoms with Gasteiger partial charge in [-0.2, -0.15) is 0 Å². The van der Waals surface area contributed by atoms with Crippen LogP contribution in [-0.4, -0.2) is 18.2 Å². The van der Waals surface area contributed by atoms with E-state index in [4.69, 9.17) is 15.6 Å². The van der Waals surface area contributed by atoms with Crippen LogP contribution in [0.25, 0.3) is 6.08 Å². The number of carbonyl (C=O) groups is 1. The third-order valence-electron chi connectivity index (χ3n) is 1.66. The SMILES string of the molecule is COc1cccc(C=C(N)C(=O)O)c1. The van der Waals surface area contributed by atoms with E-state index in [1.165, 1.54) is 6.08 Å². The zero-order valence-corrected chi connectivity index (χ0v) is 7.73. The molecule has 0 unspecified atom stereocenters. The van der Waals surface area contributed by atoms with Crippen LogP contribution in [0.5, 0.6) is 5.75 Å². The first kappa shape index (κ1) is 10.1. The van der Waals surface area contributed by atoms with Gasteiger partial charge in [0.1, 0.15) is 11.4 Å². The minimum Gasteiger partial charge on any atom is -0.497 e. The second-order valence-electron chi connectivity index (χ2n) is 2.68. The molecule has 0 aliphatic heterocycles. The van der Waals surface area contributed by atoms with Gasteiger partial charge in [-0.25, -0.2) is 4.79 Å². The van der Waals surface area contributed by atoms with Gasteiger partial charge >= 0.3 is 5.97 Å². The quantitative estimate of drug-likeness (QED) is 0.704. The summed E-state index contributed by atoms with van der Waals surface area (Å²) >= 11 is 0. The molecule has 1 rings (SSSR count). The molecule has 0 aliphatic rings. The topological polar surface area (TPSA) is 72.5 Å². The van der Waals surface area contributed by atoms with Crippen molar-refractivity contribution in [2.75, 3.05) is 7.11 Å². The van der Waals surface area contributed by atoms with E-state index < -0.39 is 5.97 Å². The van der Waals surface area contributed by atoms with Crippen LogP contribution >= 0.6 is 0 Å². The Kier molecular flexibility index (Phi) is 3.12. The number of methoxy groups -OCH3 is 1. The van der Waals surface area contributed by atoms with E-state index in [1.807, 2.05) is 0 Å². The molecule has 0 bridgehead atoms. The molecule has 0 atom stereocenters. The molecule has 14 heavy (non-hydrogen) atoms. The van der Waals surface area contributed by atoms with Crippen LogP contribution in [0.3, 0.4) is 0 Å². The van der Waals surface area contributed by atoms with Gasteiger partial charge in [-0.3, -0.25) is 0 Å². The summed E-state index contributed by atoms with van der Waals surface area (Å²) in [4.78, 5) is 10.4. The summed E-state index contributed by atoms with van der Waals surface area (Å²) in [5.74, 6) is -0.468. The maximum absolute atomic E-state index is 10.4. The van der Waals surface area contributed by atoms with Crippen LogP contribution in [0, 0.1) is 0 Å². The van der Waals surface area contributed by atoms with Crippen molar-refractivity contribution in [2.24, 2.45) is 5.73 Å². The van der Waals surface area contributed by atoms with Crippen LogP contribution in [0.15, 0.2) is 30.0 Å². The van der Waals surface area contributed by atoms with Gasteiger partial charge < -0.3 is 15.6 Å². The van der Waals surface area contributed by atoms with Crippen molar-refractivity contribution in [3.8, 4) is 5.75 Å². The molecule has 3 N–H and O–H groups in total. The smallest absolute Gasteiger partial charge is 0.351 e. The molecule has 0 saturated carbocycles. The first-order valence-corrected chi connectivity index (χ1v) is 3.98. The standard InChI is InChI=1S/C10H11NO3/c1-14-8-4-2-3-7(5-8)6-9(11)10(12)13/h2-6H,11H2,1H3,(H,12,13). The van der Waals surface area contributed by atoms with Crippen LogP contribution in [-0.2, 0) is 4.79 Å². The van der Waals surface area contributed by atoms with Gasteiger partial charge in [0.05, 0.1) is 7.11 Å². The molecular weight excluding hydrogens is 182 g/mol. The van der Waals surface area contributed by atoms with Crippen molar-refractivity contribution in [1.29, 1.82) is 0 Å². The highest BCUT2D eigenvalue weighted by atomic mass is 16.5. The normalized spacial score (nSPS) is 11.1. The van der Waals surface area contributed by atoms with Crippen LogP contribution in [0.1, 0.15) is 5.56 Å². The van der Waals surface area contributed by atoms with Crippen molar-refractivity contribution < 1.29 is 14.6 Å². The van der Waals surface area contributed by atoms with E-state index in [2.05, 4.69) is 0 Å². The molecule has 0 amide bonds. The lowest BCUT2D eigenvalue weighted by Crippen LogP contribution is -2.09. The first-order chi connectivity index (χ1) is 6.63. The molecule has 0 fully saturated rings. The predicted octanol–water partition coefficient (Wildman–Crippen LogP) is 1.08. The molecule has 0 aliphatic carbocycles. The molecule has 0 saturated heterocycles. The maximum atomic E-state index is 10.4. The highest BCUT2D eigenvalue weighted by Gasteiger charge is 2.01. The Balaban J connectivity index is 2.97. The number of ether oxygens (including phenoxy) is 1. The minimum atomic E-state index is -1.13. The van der Waals surface area contributed by atoms with Crippen molar-refractivity contribution in [2.45, 2.75) is 0 Å². The Morgan fingerprint density at radius 2 is 2.29 bits per heavy atom. The molecule has 0 aromatic heterocycles. The largest absolute Gasteiger partial charge is 0.497 e. The number of hydrogen-bond donors (Lipinski definition) is 2. The van der Waals surface area contributed by atoms with Gasteiger partial charge in [0.25, 0.3) is 0 Å². The van der Waals surface area contributed by atoms with Gasteiger partial charge in [0, 0.05) is 0 Å². The van der Waals surface area contributed by atoms with Gasteiger partial charge in [-0.1, -0.05) is 12.1 Å². The third kappa shape index (κ3) is 2.52. The zero-order chi connectivity index (χ0) is 10.6. The molecule has 4 heteroatoms. The number of nitrogens with two attached hydrogens (primary N) is 1. The average molecular weight is 193 g/mol. The van der Waals surface area contributed by atoms with E-state index in [1.54, 1.807) is 31.4 Å². The number of benzene rings is 1. The van der Waals surface area contributed by atoms with E-state index in [9.17, 15) is 4.79 Å². The Bertz CT molecular complexity index is 371. The van der Waals surface area contributed by atoms with Crippen molar-refractivity contribution in [1.82, 2.24) is 0 Å². The fourth-order valence-electron chi connectivity index (χ4n) is 0.973. The summed E-state index contributed by atoms with van der Waals surface area (Å²) in [6.45, 7) is 0. The van der Waals surface area contributed by atoms with Crippen molar-refractivity contribution >= 4 is 12.0 Å². The average Bonchev–Trinajstić information content (AvgIpc) is 2.18. The summed E-state index contributed by atoms with van der Waals surface area (Å²) in [7, 11) is 1.55. The summed E-state index contributed by atoms with van der Waals surface area (Å²) in [5.41, 5.74) is 5.76. The lowest BCUT2D eigenvalue weighted by molar-refractivity contribution is -0.132. The fourth-order valence-corrected chi connectivity index (χ4v) is 0.973. The summed E-state index contributed by atoms with van der Waals surface area (Å²) in [5, 5.41) is 8.55. The third-order valence-corrected chi connectivity index (χ3v) is 1.66. The predicted molar refractivity (Wildman–Crippen MR) is 52.8 cm³/mol. The zero-order valence-electron chi connectivity index (χ0n) is 7.73. The molecule has 1 aromatic carbocycles. The Hall–Kier alpha value is -1.97. The Morgan fingerprint density at radius 3 is 2.86 bits per heavy atom. The van der Waals surface area contributed by atoms with E-state index in [0.717, 1.165) is 0 Å². The molecule has 1 aromatic rings. The molecule has 0 heterocycles. The summed E-state index contributed by atoms with van der Waals surface area (Å²) < 4.78 is 4.98. The molecule has 74 valence electrons. The minimum absolute atomic E-state index is 0.196. The Morgan fingerprint density at radius 1 is 1.57 bits per heavy atom. The number of carboxylic acids is 1. The monoisotopic (exact) mass is 193 g/mol. The van der Waals surface area contributed by atoms with Crippen molar-refractivity contribution in [3.05, 3.63) is 35.5 Å². The van der Waals surface area contributed by atoms with Crippen molar-refractivity contribution in [3.63, 3.8) is 0 Å². The van der Waals surface area contributed by atoms with Gasteiger partial charge in [0.2, 0.25) is 0 Å². The molecule has 4 nitrogen and oxygen atoms in total. The lowest BCUT2D eigenvalue weighted by Gasteiger charge is -2.00. The van der Waals surface area contributed by atoms with Crippen LogP contribution in [0.4, 0.5) is 0 Å². The van der Waals surface area contributed by atoms with E-state index >= 15 is 0 Å². The number of rotatable bonds is 3. The Labute approximate surface area is 81.6 Å². The fraction of sp³-hybridized carbons (Fsp3) is 0.100. The summed E-state index contributed by atoms with van der Waals surface area (Å²) in [6, 6.07) is 6.99. The number of carboxylic acid groups (broad SMARTS) is 1. The molecular formula is C10H11NO3. The maximum Gasteiger partial charge on any atom is 0.351 e. The van der Waals surface area contributed by atoms with Crippen LogP contribution in [0.2, 0.25) is 0 Å². The molecule has 0 radical (unpaired) electrons. The highest BCUT2D eigenvalue weighted by Crippen LogP contribution is 2.14. The van der Waals surface area contributed by atoms with E-state index in [0.29, 0.717) is 11.3 Å². The lowest BCUT2D eigenvalue weighted by atomic mass is 10.2. The molecule has 0 spiro atoms.